The molecule has 2 heterocycles. The molecule has 5 nitrogen and oxygen atoms in total. The lowest BCUT2D eigenvalue weighted by Crippen LogP contribution is -2.46. The zero-order valence-electron chi connectivity index (χ0n) is 12.5. The van der Waals surface area contributed by atoms with Crippen molar-refractivity contribution in [2.45, 2.75) is 30.7 Å². The predicted octanol–water partition coefficient (Wildman–Crippen LogP) is 2.02. The molecular weight excluding hydrogens is 300 g/mol. The fourth-order valence-corrected chi connectivity index (χ4v) is 5.00. The summed E-state index contributed by atoms with van der Waals surface area (Å²) in [7, 11) is -3.60. The van der Waals surface area contributed by atoms with E-state index in [2.05, 4.69) is 4.98 Å². The van der Waals surface area contributed by atoms with Crippen molar-refractivity contribution in [3.05, 3.63) is 36.5 Å². The zero-order valence-corrected chi connectivity index (χ0v) is 13.3. The van der Waals surface area contributed by atoms with Gasteiger partial charge in [-0.2, -0.15) is 4.31 Å². The summed E-state index contributed by atoms with van der Waals surface area (Å²) in [5, 5.41) is 10.0. The topological polar surface area (TPSA) is 70.5 Å². The molecule has 0 radical (unpaired) electrons. The number of sulfonamides is 1. The highest BCUT2D eigenvalue weighted by molar-refractivity contribution is 7.89. The van der Waals surface area contributed by atoms with Crippen molar-refractivity contribution >= 4 is 20.9 Å². The van der Waals surface area contributed by atoms with Gasteiger partial charge in [-0.3, -0.25) is 4.98 Å². The van der Waals surface area contributed by atoms with Gasteiger partial charge in [-0.25, -0.2) is 8.42 Å². The van der Waals surface area contributed by atoms with Crippen molar-refractivity contribution in [1.82, 2.24) is 9.29 Å². The van der Waals surface area contributed by atoms with E-state index in [4.69, 9.17) is 0 Å². The van der Waals surface area contributed by atoms with E-state index in [1.54, 1.807) is 30.5 Å². The molecule has 2 aromatic rings. The van der Waals surface area contributed by atoms with Crippen molar-refractivity contribution in [2.75, 3.05) is 13.2 Å². The summed E-state index contributed by atoms with van der Waals surface area (Å²) in [6.45, 7) is 2.32. The van der Waals surface area contributed by atoms with Crippen molar-refractivity contribution in [2.24, 2.45) is 5.92 Å². The van der Waals surface area contributed by atoms with Crippen LogP contribution in [0.5, 0.6) is 0 Å². The lowest BCUT2D eigenvalue weighted by Gasteiger charge is -2.36. The molecular formula is C16H20N2O3S. The summed E-state index contributed by atoms with van der Waals surface area (Å²) in [5.74, 6) is 0.0130. The lowest BCUT2D eigenvalue weighted by molar-refractivity contribution is 0.139. The van der Waals surface area contributed by atoms with Gasteiger partial charge in [0.05, 0.1) is 10.4 Å². The number of hydrogen-bond acceptors (Lipinski definition) is 4. The van der Waals surface area contributed by atoms with Crippen LogP contribution in [0.15, 0.2) is 41.4 Å². The maximum Gasteiger partial charge on any atom is 0.243 e. The Labute approximate surface area is 130 Å². The fourth-order valence-electron chi connectivity index (χ4n) is 3.06. The van der Waals surface area contributed by atoms with Gasteiger partial charge < -0.3 is 5.11 Å². The Morgan fingerprint density at radius 2 is 2.09 bits per heavy atom. The summed E-state index contributed by atoms with van der Waals surface area (Å²) in [6, 6.07) is 8.64. The number of aliphatic hydroxyl groups is 1. The average Bonchev–Trinajstić information content (AvgIpc) is 2.54. The van der Waals surface area contributed by atoms with Crippen LogP contribution in [0.3, 0.4) is 0 Å². The number of rotatable bonds is 3. The molecule has 1 aromatic carbocycles. The fraction of sp³-hybridized carbons (Fsp3) is 0.438. The first-order valence-electron chi connectivity index (χ1n) is 7.50. The van der Waals surface area contributed by atoms with Gasteiger partial charge in [-0.05, 0) is 49.9 Å². The van der Waals surface area contributed by atoms with Crippen LogP contribution in [-0.4, -0.2) is 42.0 Å². The molecule has 1 aromatic heterocycles. The molecule has 0 spiro atoms. The van der Waals surface area contributed by atoms with Crippen molar-refractivity contribution in [1.29, 1.82) is 0 Å². The average molecular weight is 320 g/mol. The van der Waals surface area contributed by atoms with Crippen LogP contribution in [0.2, 0.25) is 0 Å². The number of aromatic nitrogens is 1. The largest absolute Gasteiger partial charge is 0.396 e. The van der Waals surface area contributed by atoms with Crippen molar-refractivity contribution in [3.63, 3.8) is 0 Å². The minimum atomic E-state index is -3.60. The molecule has 2 atom stereocenters. The molecule has 118 valence electrons. The van der Waals surface area contributed by atoms with Gasteiger partial charge in [0.1, 0.15) is 0 Å². The van der Waals surface area contributed by atoms with E-state index in [1.807, 2.05) is 13.0 Å². The van der Waals surface area contributed by atoms with Crippen molar-refractivity contribution < 1.29 is 13.5 Å². The Balaban J connectivity index is 2.08. The smallest absolute Gasteiger partial charge is 0.243 e. The molecule has 1 fully saturated rings. The molecule has 1 saturated heterocycles. The first kappa shape index (κ1) is 15.4. The Morgan fingerprint density at radius 3 is 2.86 bits per heavy atom. The van der Waals surface area contributed by atoms with Gasteiger partial charge >= 0.3 is 0 Å². The molecule has 0 saturated carbocycles. The maximum absolute atomic E-state index is 13.1. The maximum atomic E-state index is 13.1. The summed E-state index contributed by atoms with van der Waals surface area (Å²) >= 11 is 0. The Kier molecular flexibility index (Phi) is 4.16. The molecule has 0 aliphatic carbocycles. The minimum absolute atomic E-state index is 0.0130. The second-order valence-electron chi connectivity index (χ2n) is 5.88. The monoisotopic (exact) mass is 320 g/mol. The Hall–Kier alpha value is -1.50. The first-order valence-corrected chi connectivity index (χ1v) is 8.94. The zero-order chi connectivity index (χ0) is 15.7. The molecule has 6 heteroatoms. The van der Waals surface area contributed by atoms with E-state index in [-0.39, 0.29) is 18.6 Å². The van der Waals surface area contributed by atoms with Crippen LogP contribution in [-0.2, 0) is 10.0 Å². The van der Waals surface area contributed by atoms with Gasteiger partial charge in [0.25, 0.3) is 0 Å². The number of fused-ring (bicyclic) bond motifs is 1. The second-order valence-corrected chi connectivity index (χ2v) is 7.73. The summed E-state index contributed by atoms with van der Waals surface area (Å²) in [4.78, 5) is 4.52. The number of aliphatic hydroxyl groups excluding tert-OH is 1. The Bertz CT molecular complexity index is 771. The number of piperidine rings is 1. The second kappa shape index (κ2) is 5.95. The number of benzene rings is 1. The van der Waals surface area contributed by atoms with E-state index < -0.39 is 10.0 Å². The van der Waals surface area contributed by atoms with Crippen LogP contribution in [0, 0.1) is 5.92 Å². The lowest BCUT2D eigenvalue weighted by atomic mass is 9.96. The molecule has 1 aliphatic heterocycles. The van der Waals surface area contributed by atoms with Gasteiger partial charge in [0, 0.05) is 30.8 Å². The van der Waals surface area contributed by atoms with Gasteiger partial charge in [0.2, 0.25) is 10.0 Å². The van der Waals surface area contributed by atoms with Crippen LogP contribution in [0.25, 0.3) is 10.9 Å². The third kappa shape index (κ3) is 2.62. The van der Waals surface area contributed by atoms with E-state index in [9.17, 15) is 13.5 Å². The third-order valence-corrected chi connectivity index (χ3v) is 6.41. The van der Waals surface area contributed by atoms with Gasteiger partial charge in [-0.1, -0.05) is 6.07 Å². The molecule has 1 aliphatic rings. The van der Waals surface area contributed by atoms with Gasteiger partial charge in [0.15, 0.2) is 0 Å². The quantitative estimate of drug-likeness (QED) is 0.939. The summed E-state index contributed by atoms with van der Waals surface area (Å²) < 4.78 is 27.7. The van der Waals surface area contributed by atoms with Crippen LogP contribution >= 0.6 is 0 Å². The molecule has 1 N–H and O–H groups in total. The minimum Gasteiger partial charge on any atom is -0.396 e. The molecule has 3 rings (SSSR count). The van der Waals surface area contributed by atoms with Crippen LogP contribution in [0.1, 0.15) is 19.8 Å². The van der Waals surface area contributed by atoms with Crippen LogP contribution < -0.4 is 0 Å². The number of pyridine rings is 1. The summed E-state index contributed by atoms with van der Waals surface area (Å²) in [5.41, 5.74) is 0.673. The normalized spacial score (nSPS) is 23.7. The first-order chi connectivity index (χ1) is 10.5. The SMILES string of the molecule is CC1CCC(CO)CN1S(=O)(=O)c1cccc2ncccc12. The molecule has 2 unspecified atom stereocenters. The molecule has 0 bridgehead atoms. The highest BCUT2D eigenvalue weighted by Crippen LogP contribution is 2.30. The third-order valence-electron chi connectivity index (χ3n) is 4.37. The van der Waals surface area contributed by atoms with E-state index >= 15 is 0 Å². The van der Waals surface area contributed by atoms with E-state index in [1.165, 1.54) is 4.31 Å². The van der Waals surface area contributed by atoms with E-state index in [0.29, 0.717) is 22.3 Å². The van der Waals surface area contributed by atoms with E-state index in [0.717, 1.165) is 12.8 Å². The standard InChI is InChI=1S/C16H20N2O3S/c1-12-7-8-13(11-19)10-18(12)22(20,21)16-6-2-5-15-14(16)4-3-9-17-15/h2-6,9,12-13,19H,7-8,10-11H2,1H3. The molecule has 22 heavy (non-hydrogen) atoms. The predicted molar refractivity (Wildman–Crippen MR) is 84.9 cm³/mol. The molecule has 0 amide bonds. The number of nitrogens with zero attached hydrogens (tertiary/aromatic N) is 2. The summed E-state index contributed by atoms with van der Waals surface area (Å²) in [6.07, 6.45) is 3.29. The van der Waals surface area contributed by atoms with Crippen LogP contribution in [0.4, 0.5) is 0 Å². The highest BCUT2D eigenvalue weighted by atomic mass is 32.2. The highest BCUT2D eigenvalue weighted by Gasteiger charge is 2.35. The van der Waals surface area contributed by atoms with Gasteiger partial charge in [-0.15, -0.1) is 0 Å². The van der Waals surface area contributed by atoms with Crippen molar-refractivity contribution in [3.8, 4) is 0 Å². The number of hydrogen-bond donors (Lipinski definition) is 1. The Morgan fingerprint density at radius 1 is 1.27 bits per heavy atom.